The van der Waals surface area contributed by atoms with Crippen LogP contribution < -0.4 is 5.32 Å². The molecule has 0 saturated carbocycles. The van der Waals surface area contributed by atoms with Crippen LogP contribution in [0.1, 0.15) is 39.2 Å². The summed E-state index contributed by atoms with van der Waals surface area (Å²) in [5.41, 5.74) is 4.71. The molecule has 3 rings (SSSR count). The SMILES string of the molecule is CCC1(CC)c2cc(-c3cccc([N+](=O)[O-])c3)ccc2NC1C. The topological polar surface area (TPSA) is 55.2 Å². The third kappa shape index (κ3) is 2.38. The number of anilines is 1. The second-order valence-electron chi connectivity index (χ2n) is 6.30. The summed E-state index contributed by atoms with van der Waals surface area (Å²) in [5.74, 6) is 0. The Bertz CT molecular complexity index is 751. The molecule has 120 valence electrons. The molecule has 4 heteroatoms. The molecule has 0 bridgehead atoms. The monoisotopic (exact) mass is 310 g/mol. The van der Waals surface area contributed by atoms with Crippen LogP contribution in [0.3, 0.4) is 0 Å². The first-order valence-corrected chi connectivity index (χ1v) is 8.17. The van der Waals surface area contributed by atoms with Crippen molar-refractivity contribution in [2.45, 2.75) is 45.1 Å². The lowest BCUT2D eigenvalue weighted by atomic mass is 9.72. The molecule has 2 aromatic rings. The number of nitrogens with zero attached hydrogens (tertiary/aromatic N) is 1. The van der Waals surface area contributed by atoms with Gasteiger partial charge in [-0.25, -0.2) is 0 Å². The number of nitro groups is 1. The zero-order valence-electron chi connectivity index (χ0n) is 13.8. The third-order valence-electron chi connectivity index (χ3n) is 5.41. The summed E-state index contributed by atoms with van der Waals surface area (Å²) in [6.07, 6.45) is 2.14. The van der Waals surface area contributed by atoms with Crippen LogP contribution in [-0.4, -0.2) is 11.0 Å². The Morgan fingerprint density at radius 3 is 2.48 bits per heavy atom. The fourth-order valence-corrected chi connectivity index (χ4v) is 3.91. The lowest BCUT2D eigenvalue weighted by Gasteiger charge is -2.32. The normalized spacial score (nSPS) is 18.3. The van der Waals surface area contributed by atoms with Crippen LogP contribution >= 0.6 is 0 Å². The van der Waals surface area contributed by atoms with Crippen molar-refractivity contribution in [2.75, 3.05) is 5.32 Å². The van der Waals surface area contributed by atoms with E-state index in [9.17, 15) is 10.1 Å². The smallest absolute Gasteiger partial charge is 0.270 e. The molecule has 0 aromatic heterocycles. The van der Waals surface area contributed by atoms with E-state index in [1.54, 1.807) is 12.1 Å². The first kappa shape index (κ1) is 15.5. The van der Waals surface area contributed by atoms with Gasteiger partial charge in [-0.3, -0.25) is 10.1 Å². The summed E-state index contributed by atoms with van der Waals surface area (Å²) < 4.78 is 0. The van der Waals surface area contributed by atoms with E-state index in [-0.39, 0.29) is 16.0 Å². The maximum absolute atomic E-state index is 11.0. The van der Waals surface area contributed by atoms with Gasteiger partial charge in [0.05, 0.1) is 4.92 Å². The van der Waals surface area contributed by atoms with E-state index in [4.69, 9.17) is 0 Å². The number of hydrogen-bond acceptors (Lipinski definition) is 3. The fourth-order valence-electron chi connectivity index (χ4n) is 3.91. The minimum Gasteiger partial charge on any atom is -0.381 e. The van der Waals surface area contributed by atoms with Gasteiger partial charge in [0.1, 0.15) is 0 Å². The predicted molar refractivity (Wildman–Crippen MR) is 93.9 cm³/mol. The van der Waals surface area contributed by atoms with Gasteiger partial charge in [-0.1, -0.05) is 32.0 Å². The molecule has 2 aromatic carbocycles. The molecule has 4 nitrogen and oxygen atoms in total. The molecule has 1 aliphatic rings. The van der Waals surface area contributed by atoms with E-state index >= 15 is 0 Å². The van der Waals surface area contributed by atoms with Gasteiger partial charge in [0.15, 0.2) is 0 Å². The van der Waals surface area contributed by atoms with Crippen LogP contribution in [0.2, 0.25) is 0 Å². The van der Waals surface area contributed by atoms with Crippen molar-refractivity contribution in [3.8, 4) is 11.1 Å². The lowest BCUT2D eigenvalue weighted by molar-refractivity contribution is -0.384. The number of rotatable bonds is 4. The molecular formula is C19H22N2O2. The van der Waals surface area contributed by atoms with E-state index in [2.05, 4.69) is 38.2 Å². The highest BCUT2D eigenvalue weighted by molar-refractivity contribution is 5.73. The van der Waals surface area contributed by atoms with E-state index in [1.165, 1.54) is 17.3 Å². The molecule has 0 spiro atoms. The molecule has 1 heterocycles. The van der Waals surface area contributed by atoms with Crippen molar-refractivity contribution in [1.82, 2.24) is 0 Å². The predicted octanol–water partition coefficient (Wildman–Crippen LogP) is 5.13. The van der Waals surface area contributed by atoms with Crippen molar-refractivity contribution >= 4 is 11.4 Å². The molecule has 1 N–H and O–H groups in total. The van der Waals surface area contributed by atoms with E-state index in [0.717, 1.165) is 24.0 Å². The summed E-state index contributed by atoms with van der Waals surface area (Å²) in [4.78, 5) is 10.7. The van der Waals surface area contributed by atoms with Crippen molar-refractivity contribution in [3.05, 3.63) is 58.1 Å². The Morgan fingerprint density at radius 1 is 1.13 bits per heavy atom. The zero-order chi connectivity index (χ0) is 16.6. The Kier molecular flexibility index (Phi) is 3.84. The second kappa shape index (κ2) is 5.69. The Morgan fingerprint density at radius 2 is 1.83 bits per heavy atom. The molecule has 0 amide bonds. The molecule has 0 radical (unpaired) electrons. The molecule has 1 atom stereocenters. The van der Waals surface area contributed by atoms with Crippen LogP contribution in [0, 0.1) is 10.1 Å². The summed E-state index contributed by atoms with van der Waals surface area (Å²) in [7, 11) is 0. The minimum absolute atomic E-state index is 0.131. The maximum atomic E-state index is 11.0. The second-order valence-corrected chi connectivity index (χ2v) is 6.30. The number of nitro benzene ring substituents is 1. The molecule has 1 aliphatic heterocycles. The van der Waals surface area contributed by atoms with Crippen molar-refractivity contribution < 1.29 is 4.92 Å². The van der Waals surface area contributed by atoms with Crippen molar-refractivity contribution in [2.24, 2.45) is 0 Å². The minimum atomic E-state index is -0.344. The largest absolute Gasteiger partial charge is 0.381 e. The molecule has 1 unspecified atom stereocenters. The number of nitrogens with one attached hydrogen (secondary N) is 1. The lowest BCUT2D eigenvalue weighted by Crippen LogP contribution is -2.35. The van der Waals surface area contributed by atoms with E-state index in [1.807, 2.05) is 12.1 Å². The van der Waals surface area contributed by atoms with Gasteiger partial charge >= 0.3 is 0 Å². The first-order valence-electron chi connectivity index (χ1n) is 8.17. The highest BCUT2D eigenvalue weighted by atomic mass is 16.6. The summed E-state index contributed by atoms with van der Waals surface area (Å²) in [5, 5.41) is 14.6. The molecule has 23 heavy (non-hydrogen) atoms. The zero-order valence-corrected chi connectivity index (χ0v) is 13.8. The van der Waals surface area contributed by atoms with Gasteiger partial charge < -0.3 is 5.32 Å². The summed E-state index contributed by atoms with van der Waals surface area (Å²) >= 11 is 0. The number of non-ortho nitro benzene ring substituents is 1. The van der Waals surface area contributed by atoms with Crippen LogP contribution in [0.15, 0.2) is 42.5 Å². The first-order chi connectivity index (χ1) is 11.0. The van der Waals surface area contributed by atoms with Gasteiger partial charge in [-0.15, -0.1) is 0 Å². The quantitative estimate of drug-likeness (QED) is 0.629. The maximum Gasteiger partial charge on any atom is 0.270 e. The molecule has 0 aliphatic carbocycles. The third-order valence-corrected chi connectivity index (χ3v) is 5.41. The number of benzene rings is 2. The highest BCUT2D eigenvalue weighted by Crippen LogP contribution is 2.47. The summed E-state index contributed by atoms with van der Waals surface area (Å²) in [6, 6.07) is 13.6. The Labute approximate surface area is 136 Å². The fraction of sp³-hybridized carbons (Fsp3) is 0.368. The average molecular weight is 310 g/mol. The van der Waals surface area contributed by atoms with Gasteiger partial charge in [-0.05, 0) is 48.6 Å². The number of fused-ring (bicyclic) bond motifs is 1. The van der Waals surface area contributed by atoms with Gasteiger partial charge in [0.2, 0.25) is 0 Å². The van der Waals surface area contributed by atoms with Gasteiger partial charge in [0.25, 0.3) is 5.69 Å². The van der Waals surface area contributed by atoms with Crippen LogP contribution in [-0.2, 0) is 5.41 Å². The van der Waals surface area contributed by atoms with E-state index < -0.39 is 0 Å². The number of hydrogen-bond donors (Lipinski definition) is 1. The van der Waals surface area contributed by atoms with E-state index in [0.29, 0.717) is 6.04 Å². The molecule has 0 saturated heterocycles. The van der Waals surface area contributed by atoms with Gasteiger partial charge in [-0.2, -0.15) is 0 Å². The van der Waals surface area contributed by atoms with Crippen LogP contribution in [0.4, 0.5) is 11.4 Å². The van der Waals surface area contributed by atoms with Crippen LogP contribution in [0.5, 0.6) is 0 Å². The molecular weight excluding hydrogens is 288 g/mol. The summed E-state index contributed by atoms with van der Waals surface area (Å²) in [6.45, 7) is 6.70. The van der Waals surface area contributed by atoms with Crippen molar-refractivity contribution in [1.29, 1.82) is 0 Å². The Balaban J connectivity index is 2.10. The van der Waals surface area contributed by atoms with Crippen molar-refractivity contribution in [3.63, 3.8) is 0 Å². The van der Waals surface area contributed by atoms with Gasteiger partial charge in [0, 0.05) is 29.3 Å². The highest BCUT2D eigenvalue weighted by Gasteiger charge is 2.41. The Hall–Kier alpha value is -2.36. The molecule has 0 fully saturated rings. The average Bonchev–Trinajstić information content (AvgIpc) is 2.85. The van der Waals surface area contributed by atoms with Crippen LogP contribution in [0.25, 0.3) is 11.1 Å². The standard InChI is InChI=1S/C19H22N2O2/c1-4-19(5-2)13(3)20-18-10-9-15(12-17(18)19)14-7-6-8-16(11-14)21(22)23/h6-13,20H,4-5H2,1-3H3.